The highest BCUT2D eigenvalue weighted by Gasteiger charge is 2.34. The van der Waals surface area contributed by atoms with Crippen LogP contribution in [0, 0.1) is 11.8 Å². The van der Waals surface area contributed by atoms with Gasteiger partial charge in [-0.2, -0.15) is 0 Å². The Balaban J connectivity index is 1.70. The molecule has 0 aromatic heterocycles. The number of hydrogen-bond donors (Lipinski definition) is 2. The molecule has 0 unspecified atom stereocenters. The van der Waals surface area contributed by atoms with Crippen molar-refractivity contribution in [3.05, 3.63) is 42.0 Å². The monoisotopic (exact) mass is 358 g/mol. The fraction of sp³-hybridized carbons (Fsp3) is 0.421. The zero-order valence-corrected chi connectivity index (χ0v) is 14.4. The van der Waals surface area contributed by atoms with Crippen LogP contribution >= 0.6 is 0 Å². The lowest BCUT2D eigenvalue weighted by atomic mass is 9.82. The molecule has 2 amide bonds. The van der Waals surface area contributed by atoms with Gasteiger partial charge in [-0.25, -0.2) is 0 Å². The Labute approximate surface area is 151 Å². The molecule has 1 fully saturated rings. The van der Waals surface area contributed by atoms with Gasteiger partial charge < -0.3 is 20.1 Å². The fourth-order valence-electron chi connectivity index (χ4n) is 3.29. The quantitative estimate of drug-likeness (QED) is 0.800. The van der Waals surface area contributed by atoms with Gasteiger partial charge in [0, 0.05) is 24.3 Å². The molecule has 138 valence electrons. The van der Waals surface area contributed by atoms with E-state index in [2.05, 4.69) is 5.32 Å². The van der Waals surface area contributed by atoms with Crippen LogP contribution in [0.3, 0.4) is 0 Å². The Kier molecular flexibility index (Phi) is 5.68. The highest BCUT2D eigenvalue weighted by atomic mass is 16.5. The Morgan fingerprint density at radius 3 is 2.46 bits per heavy atom. The summed E-state index contributed by atoms with van der Waals surface area (Å²) in [5.74, 6) is -2.74. The van der Waals surface area contributed by atoms with Crippen LogP contribution in [0.5, 0.6) is 0 Å². The molecular weight excluding hydrogens is 336 g/mol. The first kappa shape index (κ1) is 18.1. The van der Waals surface area contributed by atoms with Crippen molar-refractivity contribution in [3.63, 3.8) is 0 Å². The number of anilines is 1. The standard InChI is InChI=1S/C19H22N2O5/c22-17(15-6-1-2-7-16(15)19(24)25)20-14-5-3-4-13(12-14)18(23)21-8-10-26-11-9-21/h1-5,12,15-16H,6-11H2,(H,20,22)(H,24,25)/t15-,16-/m0/s1. The molecule has 1 aliphatic heterocycles. The van der Waals surface area contributed by atoms with Crippen molar-refractivity contribution < 1.29 is 24.2 Å². The van der Waals surface area contributed by atoms with Gasteiger partial charge in [-0.3, -0.25) is 14.4 Å². The first-order valence-corrected chi connectivity index (χ1v) is 8.72. The van der Waals surface area contributed by atoms with Crippen LogP contribution in [0.4, 0.5) is 5.69 Å². The molecule has 0 bridgehead atoms. The topological polar surface area (TPSA) is 95.9 Å². The molecule has 1 heterocycles. The van der Waals surface area contributed by atoms with E-state index in [1.54, 1.807) is 35.2 Å². The van der Waals surface area contributed by atoms with Crippen LogP contribution < -0.4 is 5.32 Å². The normalized spacial score (nSPS) is 22.7. The van der Waals surface area contributed by atoms with E-state index >= 15 is 0 Å². The maximum Gasteiger partial charge on any atom is 0.307 e. The third-order valence-corrected chi connectivity index (χ3v) is 4.76. The van der Waals surface area contributed by atoms with Gasteiger partial charge in [0.1, 0.15) is 0 Å². The summed E-state index contributed by atoms with van der Waals surface area (Å²) in [6.07, 6.45) is 4.38. The van der Waals surface area contributed by atoms with E-state index in [0.717, 1.165) is 0 Å². The predicted octanol–water partition coefficient (Wildman–Crippen LogP) is 1.76. The largest absolute Gasteiger partial charge is 0.481 e. The van der Waals surface area contributed by atoms with E-state index in [-0.39, 0.29) is 11.8 Å². The lowest BCUT2D eigenvalue weighted by Gasteiger charge is -2.27. The van der Waals surface area contributed by atoms with Gasteiger partial charge in [0.25, 0.3) is 5.91 Å². The number of carboxylic acids is 1. The van der Waals surface area contributed by atoms with Crippen LogP contribution in [-0.4, -0.2) is 54.1 Å². The van der Waals surface area contributed by atoms with Gasteiger partial charge in [-0.1, -0.05) is 18.2 Å². The fourth-order valence-corrected chi connectivity index (χ4v) is 3.29. The molecule has 1 saturated heterocycles. The number of hydrogen-bond acceptors (Lipinski definition) is 4. The SMILES string of the molecule is O=C(O)[C@H]1CC=CC[C@@H]1C(=O)Nc1cccc(C(=O)N2CCOCC2)c1. The zero-order valence-electron chi connectivity index (χ0n) is 14.4. The summed E-state index contributed by atoms with van der Waals surface area (Å²) in [4.78, 5) is 38.2. The number of nitrogens with one attached hydrogen (secondary N) is 1. The van der Waals surface area contributed by atoms with Crippen LogP contribution in [0.25, 0.3) is 0 Å². The maximum atomic E-state index is 12.6. The number of carbonyl (C=O) groups is 3. The van der Waals surface area contributed by atoms with E-state index in [4.69, 9.17) is 4.74 Å². The predicted molar refractivity (Wildman–Crippen MR) is 94.8 cm³/mol. The average molecular weight is 358 g/mol. The molecule has 2 aliphatic rings. The molecule has 7 nitrogen and oxygen atoms in total. The number of amides is 2. The molecule has 1 aliphatic carbocycles. The summed E-state index contributed by atoms with van der Waals surface area (Å²) in [6.45, 7) is 2.14. The molecule has 2 N–H and O–H groups in total. The number of carboxylic acid groups (broad SMARTS) is 1. The molecule has 26 heavy (non-hydrogen) atoms. The van der Waals surface area contributed by atoms with Crippen LogP contribution in [0.2, 0.25) is 0 Å². The minimum atomic E-state index is -0.967. The second kappa shape index (κ2) is 8.14. The van der Waals surface area contributed by atoms with E-state index in [0.29, 0.717) is 50.4 Å². The smallest absolute Gasteiger partial charge is 0.307 e. The van der Waals surface area contributed by atoms with Gasteiger partial charge in [-0.05, 0) is 31.0 Å². The number of morpholine rings is 1. The van der Waals surface area contributed by atoms with Crippen molar-refractivity contribution in [1.82, 2.24) is 4.90 Å². The van der Waals surface area contributed by atoms with Crippen molar-refractivity contribution in [1.29, 1.82) is 0 Å². The highest BCUT2D eigenvalue weighted by Crippen LogP contribution is 2.27. The second-order valence-corrected chi connectivity index (χ2v) is 6.47. The summed E-state index contributed by atoms with van der Waals surface area (Å²) in [6, 6.07) is 6.74. The van der Waals surface area contributed by atoms with Gasteiger partial charge in [0.15, 0.2) is 0 Å². The summed E-state index contributed by atoms with van der Waals surface area (Å²) in [5.41, 5.74) is 0.982. The first-order chi connectivity index (χ1) is 12.6. The molecule has 0 spiro atoms. The minimum absolute atomic E-state index is 0.103. The van der Waals surface area contributed by atoms with Crippen LogP contribution in [-0.2, 0) is 14.3 Å². The van der Waals surface area contributed by atoms with E-state index in [1.807, 2.05) is 6.08 Å². The van der Waals surface area contributed by atoms with Crippen molar-refractivity contribution in [2.75, 3.05) is 31.6 Å². The van der Waals surface area contributed by atoms with Crippen molar-refractivity contribution in [2.45, 2.75) is 12.8 Å². The molecule has 3 rings (SSSR count). The van der Waals surface area contributed by atoms with Gasteiger partial charge in [-0.15, -0.1) is 0 Å². The van der Waals surface area contributed by atoms with E-state index in [9.17, 15) is 19.5 Å². The molecule has 1 aromatic rings. The lowest BCUT2D eigenvalue weighted by Crippen LogP contribution is -2.40. The number of allylic oxidation sites excluding steroid dienone is 2. The minimum Gasteiger partial charge on any atom is -0.481 e. The summed E-state index contributed by atoms with van der Waals surface area (Å²) in [7, 11) is 0. The number of aliphatic carboxylic acids is 1. The number of benzene rings is 1. The Hall–Kier alpha value is -2.67. The number of ether oxygens (including phenoxy) is 1. The lowest BCUT2D eigenvalue weighted by molar-refractivity contribution is -0.146. The van der Waals surface area contributed by atoms with E-state index in [1.165, 1.54) is 0 Å². The zero-order chi connectivity index (χ0) is 18.5. The molecule has 2 atom stereocenters. The second-order valence-electron chi connectivity index (χ2n) is 6.47. The number of rotatable bonds is 4. The van der Waals surface area contributed by atoms with Crippen molar-refractivity contribution >= 4 is 23.5 Å². The Morgan fingerprint density at radius 2 is 1.77 bits per heavy atom. The summed E-state index contributed by atoms with van der Waals surface area (Å²) < 4.78 is 5.25. The third-order valence-electron chi connectivity index (χ3n) is 4.76. The van der Waals surface area contributed by atoms with E-state index < -0.39 is 17.8 Å². The van der Waals surface area contributed by atoms with Gasteiger partial charge in [0.2, 0.25) is 5.91 Å². The first-order valence-electron chi connectivity index (χ1n) is 8.72. The molecular formula is C19H22N2O5. The average Bonchev–Trinajstić information content (AvgIpc) is 2.68. The van der Waals surface area contributed by atoms with Crippen molar-refractivity contribution in [3.8, 4) is 0 Å². The number of carbonyl (C=O) groups excluding carboxylic acids is 2. The molecule has 1 aromatic carbocycles. The Morgan fingerprint density at radius 1 is 1.08 bits per heavy atom. The molecule has 0 radical (unpaired) electrons. The molecule has 7 heteroatoms. The summed E-state index contributed by atoms with van der Waals surface area (Å²) >= 11 is 0. The highest BCUT2D eigenvalue weighted by molar-refractivity contribution is 5.98. The van der Waals surface area contributed by atoms with Gasteiger partial charge >= 0.3 is 5.97 Å². The Bertz CT molecular complexity index is 724. The van der Waals surface area contributed by atoms with Crippen molar-refractivity contribution in [2.24, 2.45) is 11.8 Å². The third kappa shape index (κ3) is 4.11. The van der Waals surface area contributed by atoms with Crippen LogP contribution in [0.1, 0.15) is 23.2 Å². The van der Waals surface area contributed by atoms with Gasteiger partial charge in [0.05, 0.1) is 25.0 Å². The number of nitrogens with zero attached hydrogens (tertiary/aromatic N) is 1. The maximum absolute atomic E-state index is 12.6. The summed E-state index contributed by atoms with van der Waals surface area (Å²) in [5, 5.41) is 12.1. The molecule has 0 saturated carbocycles. The van der Waals surface area contributed by atoms with Crippen LogP contribution in [0.15, 0.2) is 36.4 Å².